The first-order valence-electron chi connectivity index (χ1n) is 5.15. The molecule has 2 N–H and O–H groups in total. The molecule has 1 aromatic rings. The van der Waals surface area contributed by atoms with E-state index in [9.17, 15) is 4.79 Å². The summed E-state index contributed by atoms with van der Waals surface area (Å²) in [5.41, 5.74) is 0. The van der Waals surface area contributed by atoms with Gasteiger partial charge < -0.3 is 9.84 Å². The topological polar surface area (TPSA) is 84.3 Å². The van der Waals surface area contributed by atoms with Crippen LogP contribution < -0.4 is 10.1 Å². The van der Waals surface area contributed by atoms with Crippen molar-refractivity contribution < 1.29 is 14.6 Å². The zero-order valence-electron chi connectivity index (χ0n) is 9.44. The Morgan fingerprint density at radius 1 is 1.53 bits per heavy atom. The Morgan fingerprint density at radius 2 is 2.29 bits per heavy atom. The molecule has 0 fully saturated rings. The number of nitrogens with one attached hydrogen (secondary N) is 1. The lowest BCUT2D eigenvalue weighted by Crippen LogP contribution is -2.14. The molecule has 0 bridgehead atoms. The predicted molar refractivity (Wildman–Crippen MR) is 63.2 cm³/mol. The number of carbonyl (C=O) groups is 1. The maximum absolute atomic E-state index is 11.4. The number of unbranched alkanes of at least 4 members (excludes halogenated alkanes) is 1. The van der Waals surface area contributed by atoms with Crippen LogP contribution in [0.5, 0.6) is 5.88 Å². The summed E-state index contributed by atoms with van der Waals surface area (Å²) in [6.45, 7) is 0.0781. The number of anilines is 1. The number of aliphatic hydroxyl groups is 1. The molecule has 1 heterocycles. The van der Waals surface area contributed by atoms with E-state index in [0.29, 0.717) is 19.3 Å². The number of ether oxygens (including phenoxy) is 1. The molecule has 0 spiro atoms. The highest BCUT2D eigenvalue weighted by Crippen LogP contribution is 2.15. The van der Waals surface area contributed by atoms with Gasteiger partial charge in [-0.1, -0.05) is 11.6 Å². The quantitative estimate of drug-likeness (QED) is 0.593. The number of hydrogen-bond acceptors (Lipinski definition) is 5. The van der Waals surface area contributed by atoms with E-state index in [-0.39, 0.29) is 29.5 Å². The molecule has 0 atom stereocenters. The van der Waals surface area contributed by atoms with Crippen molar-refractivity contribution in [3.8, 4) is 5.88 Å². The minimum Gasteiger partial charge on any atom is -0.481 e. The maximum atomic E-state index is 11.4. The fourth-order valence-corrected chi connectivity index (χ4v) is 1.32. The van der Waals surface area contributed by atoms with Crippen LogP contribution >= 0.6 is 11.6 Å². The number of nitrogens with zero attached hydrogens (tertiary/aromatic N) is 2. The van der Waals surface area contributed by atoms with Gasteiger partial charge in [-0.25, -0.2) is 4.98 Å². The zero-order valence-corrected chi connectivity index (χ0v) is 10.2. The Labute approximate surface area is 104 Å². The largest absolute Gasteiger partial charge is 0.481 e. The van der Waals surface area contributed by atoms with Crippen molar-refractivity contribution in [1.29, 1.82) is 0 Å². The Kier molecular flexibility index (Phi) is 5.65. The molecule has 6 nitrogen and oxygen atoms in total. The van der Waals surface area contributed by atoms with Gasteiger partial charge in [0, 0.05) is 19.1 Å². The van der Waals surface area contributed by atoms with Crippen LogP contribution in [0.4, 0.5) is 5.95 Å². The minimum absolute atomic E-state index is 0.0781. The first kappa shape index (κ1) is 13.7. The summed E-state index contributed by atoms with van der Waals surface area (Å²) >= 11 is 5.72. The lowest BCUT2D eigenvalue weighted by molar-refractivity contribution is -0.116. The molecule has 0 saturated heterocycles. The Bertz CT molecular complexity index is 387. The van der Waals surface area contributed by atoms with Gasteiger partial charge in [-0.05, 0) is 12.8 Å². The molecule has 0 aliphatic rings. The molecule has 1 amide bonds. The van der Waals surface area contributed by atoms with Gasteiger partial charge in [-0.15, -0.1) is 0 Å². The monoisotopic (exact) mass is 259 g/mol. The van der Waals surface area contributed by atoms with E-state index in [4.69, 9.17) is 21.4 Å². The van der Waals surface area contributed by atoms with Crippen molar-refractivity contribution in [2.24, 2.45) is 0 Å². The van der Waals surface area contributed by atoms with Gasteiger partial charge in [-0.3, -0.25) is 10.1 Å². The highest BCUT2D eigenvalue weighted by Gasteiger charge is 2.07. The third kappa shape index (κ3) is 4.97. The van der Waals surface area contributed by atoms with Crippen molar-refractivity contribution in [3.05, 3.63) is 11.2 Å². The van der Waals surface area contributed by atoms with Crippen LogP contribution in [0, 0.1) is 0 Å². The predicted octanol–water partition coefficient (Wildman–Crippen LogP) is 1.24. The summed E-state index contributed by atoms with van der Waals surface area (Å²) < 4.78 is 4.90. The van der Waals surface area contributed by atoms with Crippen LogP contribution in [0.2, 0.25) is 5.15 Å². The van der Waals surface area contributed by atoms with Gasteiger partial charge in [0.15, 0.2) is 0 Å². The number of halogens is 1. The van der Waals surface area contributed by atoms with Crippen LogP contribution in [-0.2, 0) is 4.79 Å². The summed E-state index contributed by atoms with van der Waals surface area (Å²) in [4.78, 5) is 19.2. The molecule has 7 heteroatoms. The average Bonchev–Trinajstić information content (AvgIpc) is 2.28. The van der Waals surface area contributed by atoms with Crippen LogP contribution in [-0.4, -0.2) is 34.7 Å². The lowest BCUT2D eigenvalue weighted by atomic mass is 10.2. The summed E-state index contributed by atoms with van der Waals surface area (Å²) in [6, 6.07) is 1.45. The summed E-state index contributed by atoms with van der Waals surface area (Å²) in [6.07, 6.45) is 1.51. The van der Waals surface area contributed by atoms with E-state index in [2.05, 4.69) is 15.3 Å². The molecule has 17 heavy (non-hydrogen) atoms. The SMILES string of the molecule is COc1cc(Cl)nc(NC(=O)CCCCO)n1. The standard InChI is InChI=1S/C10H14ClN3O3/c1-17-9-6-7(11)12-10(14-9)13-8(16)4-2-3-5-15/h6,15H,2-5H2,1H3,(H,12,13,14,16). The van der Waals surface area contributed by atoms with Crippen molar-refractivity contribution in [2.45, 2.75) is 19.3 Å². The van der Waals surface area contributed by atoms with E-state index < -0.39 is 0 Å². The number of hydrogen-bond donors (Lipinski definition) is 2. The molecule has 0 aromatic carbocycles. The van der Waals surface area contributed by atoms with Gasteiger partial charge in [0.05, 0.1) is 7.11 Å². The molecule has 0 radical (unpaired) electrons. The third-order valence-electron chi connectivity index (χ3n) is 1.94. The molecule has 0 aliphatic carbocycles. The molecule has 0 unspecified atom stereocenters. The summed E-state index contributed by atoms with van der Waals surface area (Å²) in [5.74, 6) is 0.182. The van der Waals surface area contributed by atoms with Crippen molar-refractivity contribution >= 4 is 23.5 Å². The van der Waals surface area contributed by atoms with Gasteiger partial charge >= 0.3 is 0 Å². The van der Waals surface area contributed by atoms with Crippen LogP contribution in [0.1, 0.15) is 19.3 Å². The number of amides is 1. The van der Waals surface area contributed by atoms with Gasteiger partial charge in [0.25, 0.3) is 0 Å². The Morgan fingerprint density at radius 3 is 2.94 bits per heavy atom. The summed E-state index contributed by atoms with van der Waals surface area (Å²) in [5, 5.41) is 11.3. The van der Waals surface area contributed by atoms with Gasteiger partial charge in [0.2, 0.25) is 17.7 Å². The maximum Gasteiger partial charge on any atom is 0.234 e. The summed E-state index contributed by atoms with van der Waals surface area (Å²) in [7, 11) is 1.45. The van der Waals surface area contributed by atoms with E-state index >= 15 is 0 Å². The van der Waals surface area contributed by atoms with E-state index in [1.54, 1.807) is 0 Å². The Hall–Kier alpha value is -1.40. The Balaban J connectivity index is 2.55. The second kappa shape index (κ2) is 7.03. The highest BCUT2D eigenvalue weighted by molar-refractivity contribution is 6.29. The second-order valence-electron chi connectivity index (χ2n) is 3.29. The lowest BCUT2D eigenvalue weighted by Gasteiger charge is -2.05. The number of aliphatic hydroxyl groups excluding tert-OH is 1. The van der Waals surface area contributed by atoms with Gasteiger partial charge in [-0.2, -0.15) is 4.98 Å². The average molecular weight is 260 g/mol. The zero-order chi connectivity index (χ0) is 12.7. The van der Waals surface area contributed by atoms with Crippen LogP contribution in [0.15, 0.2) is 6.07 Å². The first-order chi connectivity index (χ1) is 8.15. The molecule has 1 aromatic heterocycles. The fourth-order valence-electron chi connectivity index (χ4n) is 1.14. The molecule has 0 saturated carbocycles. The molecular formula is C10H14ClN3O3. The molecular weight excluding hydrogens is 246 g/mol. The van der Waals surface area contributed by atoms with E-state index in [1.807, 2.05) is 0 Å². The highest BCUT2D eigenvalue weighted by atomic mass is 35.5. The van der Waals surface area contributed by atoms with Crippen LogP contribution in [0.25, 0.3) is 0 Å². The van der Waals surface area contributed by atoms with Crippen LogP contribution in [0.3, 0.4) is 0 Å². The molecule has 94 valence electrons. The number of aromatic nitrogens is 2. The fraction of sp³-hybridized carbons (Fsp3) is 0.500. The first-order valence-corrected chi connectivity index (χ1v) is 5.53. The number of rotatable bonds is 6. The van der Waals surface area contributed by atoms with Gasteiger partial charge in [0.1, 0.15) is 5.15 Å². The second-order valence-corrected chi connectivity index (χ2v) is 3.67. The van der Waals surface area contributed by atoms with Crippen molar-refractivity contribution in [3.63, 3.8) is 0 Å². The normalized spacial score (nSPS) is 10.1. The minimum atomic E-state index is -0.220. The smallest absolute Gasteiger partial charge is 0.234 e. The molecule has 1 rings (SSSR count). The van der Waals surface area contributed by atoms with E-state index in [0.717, 1.165) is 0 Å². The van der Waals surface area contributed by atoms with Crippen molar-refractivity contribution in [2.75, 3.05) is 19.0 Å². The van der Waals surface area contributed by atoms with E-state index in [1.165, 1.54) is 13.2 Å². The third-order valence-corrected chi connectivity index (χ3v) is 2.14. The molecule has 0 aliphatic heterocycles. The number of carbonyl (C=O) groups excluding carboxylic acids is 1. The van der Waals surface area contributed by atoms with Crippen molar-refractivity contribution in [1.82, 2.24) is 9.97 Å². The number of methoxy groups -OCH3 is 1.